The van der Waals surface area contributed by atoms with Gasteiger partial charge in [0.25, 0.3) is 0 Å². The van der Waals surface area contributed by atoms with E-state index >= 15 is 0 Å². The molecular weight excluding hydrogens is 178 g/mol. The van der Waals surface area contributed by atoms with Gasteiger partial charge in [-0.2, -0.15) is 0 Å². The van der Waals surface area contributed by atoms with Gasteiger partial charge in [0.2, 0.25) is 0 Å². The van der Waals surface area contributed by atoms with Crippen molar-refractivity contribution >= 4 is 0 Å². The summed E-state index contributed by atoms with van der Waals surface area (Å²) in [5, 5.41) is 0. The van der Waals surface area contributed by atoms with E-state index in [-0.39, 0.29) is 11.9 Å². The van der Waals surface area contributed by atoms with Crippen molar-refractivity contribution in [3.8, 4) is 0 Å². The minimum absolute atomic E-state index is 0.281. The van der Waals surface area contributed by atoms with Gasteiger partial charge in [-0.1, -0.05) is 13.8 Å². The zero-order valence-corrected chi connectivity index (χ0v) is 9.88. The van der Waals surface area contributed by atoms with Crippen LogP contribution in [0, 0.1) is 0 Å². The molecule has 1 atom stereocenters. The zero-order chi connectivity index (χ0) is 10.6. The Morgan fingerprint density at radius 3 is 2.36 bits per heavy atom. The molecule has 1 aliphatic heterocycles. The Morgan fingerprint density at radius 2 is 1.93 bits per heavy atom. The van der Waals surface area contributed by atoms with Crippen LogP contribution in [-0.2, 0) is 9.47 Å². The van der Waals surface area contributed by atoms with Gasteiger partial charge in [-0.15, -0.1) is 0 Å². The van der Waals surface area contributed by atoms with Crippen LogP contribution in [0.25, 0.3) is 0 Å². The molecule has 0 aromatic carbocycles. The Kier molecular flexibility index (Phi) is 4.35. The Bertz CT molecular complexity index is 167. The van der Waals surface area contributed by atoms with Crippen molar-refractivity contribution < 1.29 is 9.47 Å². The lowest BCUT2D eigenvalue weighted by Crippen LogP contribution is -2.29. The summed E-state index contributed by atoms with van der Waals surface area (Å²) in [6.45, 7) is 6.07. The van der Waals surface area contributed by atoms with E-state index in [2.05, 4.69) is 32.8 Å². The Morgan fingerprint density at radius 1 is 1.29 bits per heavy atom. The first-order valence-electron chi connectivity index (χ1n) is 5.58. The predicted molar refractivity (Wildman–Crippen MR) is 57.3 cm³/mol. The van der Waals surface area contributed by atoms with Gasteiger partial charge in [0, 0.05) is 6.54 Å². The standard InChI is InChI=1S/C11H23NO2/c1-5-11(6-2)13-9-10(14-11)7-8-12(3)4/h10H,5-9H2,1-4H3. The molecule has 0 aromatic heterocycles. The molecule has 84 valence electrons. The minimum atomic E-state index is -0.281. The average Bonchev–Trinajstić information content (AvgIpc) is 2.59. The van der Waals surface area contributed by atoms with Crippen LogP contribution in [-0.4, -0.2) is 44.0 Å². The lowest BCUT2D eigenvalue weighted by Gasteiger charge is -2.25. The molecule has 0 radical (unpaired) electrons. The molecule has 1 unspecified atom stereocenters. The third-order valence-corrected chi connectivity index (χ3v) is 2.89. The molecule has 0 amide bonds. The zero-order valence-electron chi connectivity index (χ0n) is 9.88. The number of hydrogen-bond acceptors (Lipinski definition) is 3. The first-order chi connectivity index (χ1) is 6.62. The summed E-state index contributed by atoms with van der Waals surface area (Å²) < 4.78 is 11.7. The van der Waals surface area contributed by atoms with Crippen molar-refractivity contribution in [2.75, 3.05) is 27.2 Å². The molecule has 1 heterocycles. The highest BCUT2D eigenvalue weighted by molar-refractivity contribution is 4.77. The molecule has 0 aromatic rings. The molecule has 0 bridgehead atoms. The quantitative estimate of drug-likeness (QED) is 0.678. The molecule has 0 saturated carbocycles. The van der Waals surface area contributed by atoms with Crippen molar-refractivity contribution in [3.63, 3.8) is 0 Å². The second-order valence-electron chi connectivity index (χ2n) is 4.26. The van der Waals surface area contributed by atoms with Crippen molar-refractivity contribution in [1.82, 2.24) is 4.90 Å². The van der Waals surface area contributed by atoms with Gasteiger partial charge in [0.15, 0.2) is 5.79 Å². The fourth-order valence-electron chi connectivity index (χ4n) is 1.78. The summed E-state index contributed by atoms with van der Waals surface area (Å²) in [5.41, 5.74) is 0. The first kappa shape index (κ1) is 12.0. The molecule has 0 spiro atoms. The van der Waals surface area contributed by atoms with E-state index in [1.165, 1.54) is 0 Å². The minimum Gasteiger partial charge on any atom is -0.347 e. The summed E-state index contributed by atoms with van der Waals surface area (Å²) in [7, 11) is 4.17. The van der Waals surface area contributed by atoms with Crippen molar-refractivity contribution in [1.29, 1.82) is 0 Å². The number of nitrogens with zero attached hydrogens (tertiary/aromatic N) is 1. The SMILES string of the molecule is CCC1(CC)OCC(CCN(C)C)O1. The molecule has 3 heteroatoms. The van der Waals surface area contributed by atoms with Crippen LogP contribution in [0.15, 0.2) is 0 Å². The third kappa shape index (κ3) is 2.94. The van der Waals surface area contributed by atoms with E-state index in [0.717, 1.165) is 32.4 Å². The fourth-order valence-corrected chi connectivity index (χ4v) is 1.78. The fraction of sp³-hybridized carbons (Fsp3) is 1.00. The lowest BCUT2D eigenvalue weighted by atomic mass is 10.1. The van der Waals surface area contributed by atoms with Gasteiger partial charge in [0.1, 0.15) is 0 Å². The maximum Gasteiger partial charge on any atom is 0.168 e. The van der Waals surface area contributed by atoms with E-state index in [1.54, 1.807) is 0 Å². The van der Waals surface area contributed by atoms with Crippen LogP contribution in [0.5, 0.6) is 0 Å². The van der Waals surface area contributed by atoms with Crippen LogP contribution in [0.4, 0.5) is 0 Å². The molecule has 1 aliphatic rings. The second kappa shape index (κ2) is 5.10. The Balaban J connectivity index is 2.32. The summed E-state index contributed by atoms with van der Waals surface area (Å²) in [4.78, 5) is 2.18. The maximum atomic E-state index is 5.95. The smallest absolute Gasteiger partial charge is 0.168 e. The summed E-state index contributed by atoms with van der Waals surface area (Å²) >= 11 is 0. The Hall–Kier alpha value is -0.120. The normalized spacial score (nSPS) is 25.9. The molecule has 14 heavy (non-hydrogen) atoms. The summed E-state index contributed by atoms with van der Waals surface area (Å²) in [5.74, 6) is -0.281. The second-order valence-corrected chi connectivity index (χ2v) is 4.26. The van der Waals surface area contributed by atoms with Gasteiger partial charge < -0.3 is 14.4 Å². The first-order valence-corrected chi connectivity index (χ1v) is 5.58. The lowest BCUT2D eigenvalue weighted by molar-refractivity contribution is -0.172. The number of hydrogen-bond donors (Lipinski definition) is 0. The molecule has 1 fully saturated rings. The highest BCUT2D eigenvalue weighted by Crippen LogP contribution is 2.31. The van der Waals surface area contributed by atoms with E-state index < -0.39 is 0 Å². The molecule has 1 rings (SSSR count). The topological polar surface area (TPSA) is 21.7 Å². The van der Waals surface area contributed by atoms with Crippen LogP contribution in [0.2, 0.25) is 0 Å². The highest BCUT2D eigenvalue weighted by atomic mass is 16.7. The van der Waals surface area contributed by atoms with Crippen molar-refractivity contribution in [2.45, 2.75) is 45.0 Å². The molecule has 0 N–H and O–H groups in total. The highest BCUT2D eigenvalue weighted by Gasteiger charge is 2.37. The largest absolute Gasteiger partial charge is 0.347 e. The van der Waals surface area contributed by atoms with E-state index in [1.807, 2.05) is 0 Å². The van der Waals surface area contributed by atoms with Crippen molar-refractivity contribution in [3.05, 3.63) is 0 Å². The van der Waals surface area contributed by atoms with E-state index in [0.29, 0.717) is 0 Å². The van der Waals surface area contributed by atoms with E-state index in [9.17, 15) is 0 Å². The molecule has 3 nitrogen and oxygen atoms in total. The molecular formula is C11H23NO2. The maximum absolute atomic E-state index is 5.95. The van der Waals surface area contributed by atoms with E-state index in [4.69, 9.17) is 9.47 Å². The predicted octanol–water partition coefficient (Wildman–Crippen LogP) is 1.87. The van der Waals surface area contributed by atoms with Gasteiger partial charge in [-0.3, -0.25) is 0 Å². The average molecular weight is 201 g/mol. The van der Waals surface area contributed by atoms with Gasteiger partial charge in [-0.25, -0.2) is 0 Å². The summed E-state index contributed by atoms with van der Waals surface area (Å²) in [6, 6.07) is 0. The third-order valence-electron chi connectivity index (χ3n) is 2.89. The van der Waals surface area contributed by atoms with Gasteiger partial charge in [0.05, 0.1) is 12.7 Å². The molecule has 0 aliphatic carbocycles. The van der Waals surface area contributed by atoms with Crippen LogP contribution in [0.1, 0.15) is 33.1 Å². The van der Waals surface area contributed by atoms with Crippen LogP contribution in [0.3, 0.4) is 0 Å². The van der Waals surface area contributed by atoms with Crippen molar-refractivity contribution in [2.24, 2.45) is 0 Å². The van der Waals surface area contributed by atoms with Crippen LogP contribution < -0.4 is 0 Å². The van der Waals surface area contributed by atoms with Gasteiger partial charge in [-0.05, 0) is 33.4 Å². The van der Waals surface area contributed by atoms with Crippen LogP contribution >= 0.6 is 0 Å². The Labute approximate surface area is 87.4 Å². The molecule has 1 saturated heterocycles. The number of ether oxygens (including phenoxy) is 2. The monoisotopic (exact) mass is 201 g/mol. The van der Waals surface area contributed by atoms with Gasteiger partial charge >= 0.3 is 0 Å². The number of rotatable bonds is 5. The summed E-state index contributed by atoms with van der Waals surface area (Å²) in [6.07, 6.45) is 3.25.